The minimum atomic E-state index is -0.773. The molecule has 3 rings (SSSR count). The van der Waals surface area contributed by atoms with Gasteiger partial charge in [-0.05, 0) is 38.0 Å². The van der Waals surface area contributed by atoms with Crippen LogP contribution in [0.5, 0.6) is 0 Å². The molecule has 2 atom stereocenters. The van der Waals surface area contributed by atoms with E-state index in [9.17, 15) is 18.8 Å². The van der Waals surface area contributed by atoms with Gasteiger partial charge < -0.3 is 15.0 Å². The Morgan fingerprint density at radius 3 is 2.47 bits per heavy atom. The van der Waals surface area contributed by atoms with Crippen molar-refractivity contribution >= 4 is 17.8 Å². The van der Waals surface area contributed by atoms with E-state index in [1.165, 1.54) is 11.0 Å². The number of ether oxygens (including phenoxy) is 1. The van der Waals surface area contributed by atoms with Crippen LogP contribution in [0.2, 0.25) is 0 Å². The molecule has 0 bridgehead atoms. The van der Waals surface area contributed by atoms with Gasteiger partial charge in [-0.1, -0.05) is 48.5 Å². The summed E-state index contributed by atoms with van der Waals surface area (Å²) < 4.78 is 19.7. The van der Waals surface area contributed by atoms with Crippen molar-refractivity contribution in [3.05, 3.63) is 82.8 Å². The highest BCUT2D eigenvalue weighted by atomic mass is 19.1. The third-order valence-corrected chi connectivity index (χ3v) is 5.58. The van der Waals surface area contributed by atoms with Gasteiger partial charge in [0.2, 0.25) is 11.8 Å². The minimum Gasteiger partial charge on any atom is -0.463 e. The highest BCUT2D eigenvalue weighted by Crippen LogP contribution is 2.38. The molecule has 1 heterocycles. The third kappa shape index (κ3) is 5.04. The molecular weight excluding hydrogens is 411 g/mol. The number of hydrogen-bond acceptors (Lipinski definition) is 4. The van der Waals surface area contributed by atoms with Crippen LogP contribution in [0.1, 0.15) is 50.3 Å². The molecule has 0 saturated heterocycles. The maximum absolute atomic E-state index is 14.5. The highest BCUT2D eigenvalue weighted by molar-refractivity contribution is 5.97. The fourth-order valence-electron chi connectivity index (χ4n) is 3.96. The van der Waals surface area contributed by atoms with Gasteiger partial charge in [-0.25, -0.2) is 9.18 Å². The van der Waals surface area contributed by atoms with Crippen molar-refractivity contribution in [3.8, 4) is 0 Å². The Bertz CT molecular complexity index is 1040. The summed E-state index contributed by atoms with van der Waals surface area (Å²) in [5.41, 5.74) is 1.69. The average molecular weight is 438 g/mol. The zero-order valence-corrected chi connectivity index (χ0v) is 18.4. The molecule has 168 valence electrons. The second kappa shape index (κ2) is 10.2. The lowest BCUT2D eigenvalue weighted by Gasteiger charge is -2.34. The van der Waals surface area contributed by atoms with E-state index < -0.39 is 17.7 Å². The number of amides is 2. The first kappa shape index (κ1) is 23.2. The van der Waals surface area contributed by atoms with Gasteiger partial charge in [-0.2, -0.15) is 0 Å². The van der Waals surface area contributed by atoms with Crippen LogP contribution in [0.15, 0.2) is 65.9 Å². The first-order chi connectivity index (χ1) is 15.3. The maximum Gasteiger partial charge on any atom is 0.336 e. The van der Waals surface area contributed by atoms with Crippen LogP contribution >= 0.6 is 0 Å². The SMILES string of the molecule is CCOC(=O)C1=C(C)N(CC(=O)N[C@@H](C)c2ccccc2)C(=O)C[C@@H]1c1ccccc1F. The van der Waals surface area contributed by atoms with Crippen molar-refractivity contribution in [2.75, 3.05) is 13.2 Å². The summed E-state index contributed by atoms with van der Waals surface area (Å²) in [6, 6.07) is 15.3. The molecular formula is C25H27FN2O4. The molecule has 32 heavy (non-hydrogen) atoms. The summed E-state index contributed by atoms with van der Waals surface area (Å²) in [7, 11) is 0. The molecule has 2 aromatic rings. The lowest BCUT2D eigenvalue weighted by Crippen LogP contribution is -2.44. The molecule has 0 radical (unpaired) electrons. The third-order valence-electron chi connectivity index (χ3n) is 5.58. The first-order valence-electron chi connectivity index (χ1n) is 10.6. The second-order valence-electron chi connectivity index (χ2n) is 7.68. The fourth-order valence-corrected chi connectivity index (χ4v) is 3.96. The number of carbonyl (C=O) groups excluding carboxylic acids is 3. The Morgan fingerprint density at radius 2 is 1.81 bits per heavy atom. The Kier molecular flexibility index (Phi) is 7.41. The summed E-state index contributed by atoms with van der Waals surface area (Å²) >= 11 is 0. The molecule has 6 nitrogen and oxygen atoms in total. The van der Waals surface area contributed by atoms with Gasteiger partial charge in [0.1, 0.15) is 12.4 Å². The molecule has 0 aromatic heterocycles. The van der Waals surface area contributed by atoms with Gasteiger partial charge in [-0.15, -0.1) is 0 Å². The first-order valence-corrected chi connectivity index (χ1v) is 10.6. The topological polar surface area (TPSA) is 75.7 Å². The van der Waals surface area contributed by atoms with E-state index in [-0.39, 0.29) is 48.6 Å². The fraction of sp³-hybridized carbons (Fsp3) is 0.320. The maximum atomic E-state index is 14.5. The summed E-state index contributed by atoms with van der Waals surface area (Å²) in [6.45, 7) is 5.02. The van der Waals surface area contributed by atoms with E-state index in [1.807, 2.05) is 37.3 Å². The number of carbonyl (C=O) groups is 3. The quantitative estimate of drug-likeness (QED) is 0.666. The zero-order chi connectivity index (χ0) is 23.3. The van der Waals surface area contributed by atoms with Crippen LogP contribution in [-0.4, -0.2) is 35.8 Å². The van der Waals surface area contributed by atoms with E-state index in [4.69, 9.17) is 4.74 Å². The number of nitrogens with one attached hydrogen (secondary N) is 1. The number of rotatable bonds is 7. The summed E-state index contributed by atoms with van der Waals surface area (Å²) in [4.78, 5) is 39.7. The van der Waals surface area contributed by atoms with Crippen LogP contribution in [-0.2, 0) is 19.1 Å². The number of esters is 1. The number of nitrogens with zero attached hydrogens (tertiary/aromatic N) is 1. The predicted molar refractivity (Wildman–Crippen MR) is 118 cm³/mol. The van der Waals surface area contributed by atoms with Gasteiger partial charge in [-0.3, -0.25) is 9.59 Å². The number of benzene rings is 2. The lowest BCUT2D eigenvalue weighted by molar-refractivity contribution is -0.141. The van der Waals surface area contributed by atoms with Crippen molar-refractivity contribution in [2.24, 2.45) is 0 Å². The summed E-state index contributed by atoms with van der Waals surface area (Å²) in [5.74, 6) is -2.60. The molecule has 0 saturated carbocycles. The highest BCUT2D eigenvalue weighted by Gasteiger charge is 2.38. The van der Waals surface area contributed by atoms with Gasteiger partial charge in [0.05, 0.1) is 18.2 Å². The largest absolute Gasteiger partial charge is 0.463 e. The molecule has 1 N–H and O–H groups in total. The average Bonchev–Trinajstić information content (AvgIpc) is 2.77. The van der Waals surface area contributed by atoms with E-state index in [1.54, 1.807) is 32.0 Å². The van der Waals surface area contributed by atoms with Crippen molar-refractivity contribution in [1.82, 2.24) is 10.2 Å². The molecule has 0 aliphatic carbocycles. The second-order valence-corrected chi connectivity index (χ2v) is 7.68. The molecule has 2 aromatic carbocycles. The van der Waals surface area contributed by atoms with Crippen LogP contribution in [0.4, 0.5) is 4.39 Å². The Morgan fingerprint density at radius 1 is 1.16 bits per heavy atom. The minimum absolute atomic E-state index is 0.131. The molecule has 0 spiro atoms. The van der Waals surface area contributed by atoms with Gasteiger partial charge >= 0.3 is 5.97 Å². The molecule has 7 heteroatoms. The Balaban J connectivity index is 1.88. The van der Waals surface area contributed by atoms with E-state index in [0.717, 1.165) is 5.56 Å². The van der Waals surface area contributed by atoms with Crippen LogP contribution in [0.3, 0.4) is 0 Å². The normalized spacial score (nSPS) is 17.2. The number of hydrogen-bond donors (Lipinski definition) is 1. The Hall–Kier alpha value is -3.48. The smallest absolute Gasteiger partial charge is 0.336 e. The van der Waals surface area contributed by atoms with E-state index in [2.05, 4.69) is 5.32 Å². The lowest BCUT2D eigenvalue weighted by atomic mass is 9.83. The van der Waals surface area contributed by atoms with E-state index >= 15 is 0 Å². The molecule has 1 aliphatic rings. The standard InChI is InChI=1S/C25H27FN2O4/c1-4-32-25(31)24-17(3)28(15-22(29)27-16(2)18-10-6-5-7-11-18)23(30)14-20(24)19-12-8-9-13-21(19)26/h5-13,16,20H,4,14-15H2,1-3H3,(H,27,29)/t16-,20+/m0/s1. The Labute approximate surface area is 187 Å². The molecule has 0 unspecified atom stereocenters. The van der Waals surface area contributed by atoms with Crippen LogP contribution < -0.4 is 5.32 Å². The van der Waals surface area contributed by atoms with Crippen molar-refractivity contribution in [2.45, 2.75) is 39.2 Å². The van der Waals surface area contributed by atoms with Crippen molar-refractivity contribution < 1.29 is 23.5 Å². The van der Waals surface area contributed by atoms with Crippen molar-refractivity contribution in [3.63, 3.8) is 0 Å². The molecule has 2 amide bonds. The zero-order valence-electron chi connectivity index (χ0n) is 18.4. The predicted octanol–water partition coefficient (Wildman–Crippen LogP) is 3.86. The van der Waals surface area contributed by atoms with Crippen molar-refractivity contribution in [1.29, 1.82) is 0 Å². The van der Waals surface area contributed by atoms with Gasteiger partial charge in [0, 0.05) is 18.0 Å². The molecule has 0 fully saturated rings. The number of allylic oxidation sites excluding steroid dienone is 1. The van der Waals surface area contributed by atoms with Gasteiger partial charge in [0.15, 0.2) is 0 Å². The van der Waals surface area contributed by atoms with Crippen LogP contribution in [0.25, 0.3) is 0 Å². The summed E-state index contributed by atoms with van der Waals surface area (Å²) in [5, 5.41) is 2.87. The summed E-state index contributed by atoms with van der Waals surface area (Å²) in [6.07, 6.45) is -0.131. The van der Waals surface area contributed by atoms with Gasteiger partial charge in [0.25, 0.3) is 0 Å². The monoisotopic (exact) mass is 438 g/mol. The van der Waals surface area contributed by atoms with Crippen LogP contribution in [0, 0.1) is 5.82 Å². The van der Waals surface area contributed by atoms with E-state index in [0.29, 0.717) is 5.70 Å². The molecule has 1 aliphatic heterocycles. The number of halogens is 1.